The molecule has 0 aliphatic carbocycles. The summed E-state index contributed by atoms with van der Waals surface area (Å²) < 4.78 is 28.2. The third-order valence-electron chi connectivity index (χ3n) is 4.84. The van der Waals surface area contributed by atoms with Crippen molar-refractivity contribution < 1.29 is 28.2 Å². The number of ether oxygens (including phenoxy) is 4. The van der Waals surface area contributed by atoms with Crippen molar-refractivity contribution in [2.45, 2.75) is 0 Å². The van der Waals surface area contributed by atoms with Crippen molar-refractivity contribution in [1.82, 2.24) is 0 Å². The molecule has 0 aliphatic heterocycles. The molecule has 9 heteroatoms. The highest BCUT2D eigenvalue weighted by atomic mass is 79.9. The van der Waals surface area contributed by atoms with Crippen LogP contribution < -0.4 is 24.4 Å². The van der Waals surface area contributed by atoms with Gasteiger partial charge in [-0.15, -0.1) is 0 Å². The number of para-hydroxylation sites is 1. The predicted molar refractivity (Wildman–Crippen MR) is 131 cm³/mol. The van der Waals surface area contributed by atoms with Crippen molar-refractivity contribution in [2.24, 2.45) is 0 Å². The molecule has 0 fully saturated rings. The number of carbonyl (C=O) groups excluding carboxylic acids is 1. The first-order valence-electron chi connectivity index (χ1n) is 9.98. The number of hydrogen-bond donors (Lipinski definition) is 0. The van der Waals surface area contributed by atoms with Crippen LogP contribution in [0, 0.1) is 0 Å². The van der Waals surface area contributed by atoms with Gasteiger partial charge in [0.2, 0.25) is 11.2 Å². The van der Waals surface area contributed by atoms with Gasteiger partial charge in [-0.25, -0.2) is 4.79 Å². The monoisotopic (exact) mass is 544 g/mol. The Hall–Kier alpha value is -3.49. The lowest BCUT2D eigenvalue weighted by molar-refractivity contribution is -0.136. The van der Waals surface area contributed by atoms with E-state index < -0.39 is 18.0 Å². The minimum absolute atomic E-state index is 0.0604. The lowest BCUT2D eigenvalue weighted by Crippen LogP contribution is -2.21. The van der Waals surface area contributed by atoms with Crippen LogP contribution in [-0.2, 0) is 4.79 Å². The van der Waals surface area contributed by atoms with Crippen molar-refractivity contribution in [3.05, 3.63) is 80.4 Å². The van der Waals surface area contributed by atoms with Gasteiger partial charge in [-0.2, -0.15) is 0 Å². The molecule has 174 valence electrons. The Balaban J connectivity index is 1.75. The maximum Gasteiger partial charge on any atom is 0.349 e. The standard InChI is InChI=1S/C25H18BrClO7/c1-30-20-12-14(11-18(26)24(20)31-2)23-25(22(29)17-5-3-4-6-19(17)33-23)34-21(28)13-32-16-9-7-15(27)8-10-16/h3-12H,13H2,1-2H3. The van der Waals surface area contributed by atoms with Gasteiger partial charge < -0.3 is 23.4 Å². The zero-order chi connectivity index (χ0) is 24.2. The van der Waals surface area contributed by atoms with Crippen LogP contribution in [0.25, 0.3) is 22.3 Å². The van der Waals surface area contributed by atoms with Crippen LogP contribution in [0.1, 0.15) is 0 Å². The number of methoxy groups -OCH3 is 2. The lowest BCUT2D eigenvalue weighted by Gasteiger charge is -2.14. The van der Waals surface area contributed by atoms with Gasteiger partial charge in [0.25, 0.3) is 0 Å². The fourth-order valence-corrected chi connectivity index (χ4v) is 4.00. The summed E-state index contributed by atoms with van der Waals surface area (Å²) in [5, 5.41) is 0.807. The summed E-state index contributed by atoms with van der Waals surface area (Å²) >= 11 is 9.30. The molecule has 0 saturated carbocycles. The molecular formula is C25H18BrClO7. The molecule has 0 aliphatic rings. The van der Waals surface area contributed by atoms with Gasteiger partial charge in [0.1, 0.15) is 11.3 Å². The minimum atomic E-state index is -0.779. The van der Waals surface area contributed by atoms with Crippen LogP contribution in [0.4, 0.5) is 0 Å². The average Bonchev–Trinajstić information content (AvgIpc) is 2.84. The average molecular weight is 546 g/mol. The number of halogens is 2. The summed E-state index contributed by atoms with van der Waals surface area (Å²) in [6.45, 7) is -0.428. The molecule has 1 aromatic heterocycles. The highest BCUT2D eigenvalue weighted by molar-refractivity contribution is 9.10. The summed E-state index contributed by atoms with van der Waals surface area (Å²) in [6.07, 6.45) is 0. The molecule has 0 amide bonds. The van der Waals surface area contributed by atoms with E-state index in [1.54, 1.807) is 60.7 Å². The van der Waals surface area contributed by atoms with Crippen LogP contribution in [0.15, 0.2) is 74.3 Å². The number of esters is 1. The van der Waals surface area contributed by atoms with Crippen molar-refractivity contribution in [3.8, 4) is 34.3 Å². The third kappa shape index (κ3) is 4.88. The first-order valence-corrected chi connectivity index (χ1v) is 11.1. The molecule has 0 radical (unpaired) electrons. The molecule has 0 saturated heterocycles. The Morgan fingerprint density at radius 1 is 1.00 bits per heavy atom. The summed E-state index contributed by atoms with van der Waals surface area (Å²) in [4.78, 5) is 25.9. The predicted octanol–water partition coefficient (Wildman–Crippen LogP) is 5.88. The maximum absolute atomic E-state index is 13.3. The SMILES string of the molecule is COc1cc(-c2oc3ccccc3c(=O)c2OC(=O)COc2ccc(Cl)cc2)cc(Br)c1OC. The highest BCUT2D eigenvalue weighted by Gasteiger charge is 2.23. The molecule has 34 heavy (non-hydrogen) atoms. The van der Waals surface area contributed by atoms with Gasteiger partial charge in [-0.3, -0.25) is 4.79 Å². The lowest BCUT2D eigenvalue weighted by atomic mass is 10.1. The van der Waals surface area contributed by atoms with E-state index in [4.69, 9.17) is 35.0 Å². The van der Waals surface area contributed by atoms with Crippen LogP contribution in [-0.4, -0.2) is 26.8 Å². The normalized spacial score (nSPS) is 10.7. The zero-order valence-corrected chi connectivity index (χ0v) is 20.4. The van der Waals surface area contributed by atoms with Crippen LogP contribution >= 0.6 is 27.5 Å². The summed E-state index contributed by atoms with van der Waals surface area (Å²) in [5.41, 5.74) is 0.280. The molecular weight excluding hydrogens is 528 g/mol. The second-order valence-electron chi connectivity index (χ2n) is 7.00. The van der Waals surface area contributed by atoms with E-state index in [0.29, 0.717) is 37.9 Å². The van der Waals surface area contributed by atoms with E-state index in [2.05, 4.69) is 15.9 Å². The van der Waals surface area contributed by atoms with Gasteiger partial charge in [0.15, 0.2) is 23.9 Å². The first kappa shape index (κ1) is 23.7. The first-order chi connectivity index (χ1) is 16.4. The van der Waals surface area contributed by atoms with E-state index >= 15 is 0 Å². The third-order valence-corrected chi connectivity index (χ3v) is 5.68. The van der Waals surface area contributed by atoms with E-state index in [-0.39, 0.29) is 16.9 Å². The molecule has 0 bridgehead atoms. The van der Waals surface area contributed by atoms with Crippen LogP contribution in [0.3, 0.4) is 0 Å². The Labute approximate surface area is 207 Å². The molecule has 0 atom stereocenters. The quantitative estimate of drug-likeness (QED) is 0.268. The summed E-state index contributed by atoms with van der Waals surface area (Å²) in [6, 6.07) is 16.5. The summed E-state index contributed by atoms with van der Waals surface area (Å²) in [7, 11) is 2.99. The molecule has 0 unspecified atom stereocenters. The second kappa shape index (κ2) is 10.2. The fraction of sp³-hybridized carbons (Fsp3) is 0.120. The minimum Gasteiger partial charge on any atom is -0.493 e. The Morgan fingerprint density at radius 2 is 1.74 bits per heavy atom. The Morgan fingerprint density at radius 3 is 2.44 bits per heavy atom. The number of benzene rings is 3. The highest BCUT2D eigenvalue weighted by Crippen LogP contribution is 2.41. The Bertz CT molecular complexity index is 1410. The van der Waals surface area contributed by atoms with Crippen molar-refractivity contribution >= 4 is 44.5 Å². The van der Waals surface area contributed by atoms with Gasteiger partial charge in [0, 0.05) is 10.6 Å². The largest absolute Gasteiger partial charge is 0.493 e. The second-order valence-corrected chi connectivity index (χ2v) is 8.29. The van der Waals surface area contributed by atoms with E-state index in [1.807, 2.05) is 0 Å². The molecule has 3 aromatic carbocycles. The number of rotatable bonds is 7. The smallest absolute Gasteiger partial charge is 0.349 e. The van der Waals surface area contributed by atoms with Crippen molar-refractivity contribution in [2.75, 3.05) is 20.8 Å². The molecule has 4 rings (SSSR count). The van der Waals surface area contributed by atoms with Gasteiger partial charge >= 0.3 is 5.97 Å². The molecule has 4 aromatic rings. The maximum atomic E-state index is 13.3. The van der Waals surface area contributed by atoms with Gasteiger partial charge in [0.05, 0.1) is 24.1 Å². The van der Waals surface area contributed by atoms with Gasteiger partial charge in [-0.1, -0.05) is 23.7 Å². The topological polar surface area (TPSA) is 84.2 Å². The number of hydrogen-bond acceptors (Lipinski definition) is 7. The van der Waals surface area contributed by atoms with Gasteiger partial charge in [-0.05, 0) is 64.5 Å². The molecule has 0 spiro atoms. The van der Waals surface area contributed by atoms with Crippen LogP contribution in [0.2, 0.25) is 5.02 Å². The molecule has 0 N–H and O–H groups in total. The van der Waals surface area contributed by atoms with E-state index in [9.17, 15) is 9.59 Å². The Kier molecular flexibility index (Phi) is 7.09. The van der Waals surface area contributed by atoms with E-state index in [1.165, 1.54) is 14.2 Å². The zero-order valence-electron chi connectivity index (χ0n) is 18.1. The molecule has 1 heterocycles. The number of carbonyl (C=O) groups is 1. The van der Waals surface area contributed by atoms with Crippen molar-refractivity contribution in [1.29, 1.82) is 0 Å². The van der Waals surface area contributed by atoms with Crippen LogP contribution in [0.5, 0.6) is 23.0 Å². The van der Waals surface area contributed by atoms with Crippen molar-refractivity contribution in [3.63, 3.8) is 0 Å². The number of fused-ring (bicyclic) bond motifs is 1. The molecule has 7 nitrogen and oxygen atoms in total. The van der Waals surface area contributed by atoms with E-state index in [0.717, 1.165) is 0 Å². The summed E-state index contributed by atoms with van der Waals surface area (Å²) in [5.74, 6) is 0.303. The fourth-order valence-electron chi connectivity index (χ4n) is 3.27.